The number of aliphatic imine (C=N–C) groups is 1. The number of benzene rings is 1. The molecule has 3 nitrogen and oxygen atoms in total. The summed E-state index contributed by atoms with van der Waals surface area (Å²) in [7, 11) is 3.30. The van der Waals surface area contributed by atoms with Gasteiger partial charge in [0.25, 0.3) is 0 Å². The first kappa shape index (κ1) is 9.77. The van der Waals surface area contributed by atoms with Gasteiger partial charge in [-0.05, 0) is 30.2 Å². The average molecular weight is 203 g/mol. The van der Waals surface area contributed by atoms with Gasteiger partial charge >= 0.3 is 0 Å². The Morgan fingerprint density at radius 3 is 2.80 bits per heavy atom. The number of hydrogen-bond acceptors (Lipinski definition) is 3. The Labute approximate surface area is 89.0 Å². The number of allylic oxidation sites excluding steroid dienone is 1. The monoisotopic (exact) mass is 203 g/mol. The molecular formula is C12H13NO2. The molecule has 0 fully saturated rings. The number of ether oxygens (including phenoxy) is 2. The normalized spacial score (nSPS) is 13.9. The molecule has 0 unspecified atom stereocenters. The van der Waals surface area contributed by atoms with Gasteiger partial charge < -0.3 is 9.47 Å². The van der Waals surface area contributed by atoms with Crippen LogP contribution in [0, 0.1) is 0 Å². The van der Waals surface area contributed by atoms with Gasteiger partial charge in [-0.1, -0.05) is 6.08 Å². The van der Waals surface area contributed by atoms with Crippen molar-refractivity contribution in [2.75, 3.05) is 14.2 Å². The quantitative estimate of drug-likeness (QED) is 0.700. The topological polar surface area (TPSA) is 30.8 Å². The van der Waals surface area contributed by atoms with Crippen LogP contribution in [0.4, 0.5) is 0 Å². The van der Waals surface area contributed by atoms with Gasteiger partial charge in [-0.3, -0.25) is 0 Å². The molecule has 0 aromatic heterocycles. The lowest BCUT2D eigenvalue weighted by Crippen LogP contribution is -2.05. The molecule has 78 valence electrons. The van der Waals surface area contributed by atoms with Gasteiger partial charge in [-0.25, -0.2) is 4.99 Å². The van der Waals surface area contributed by atoms with E-state index in [1.165, 1.54) is 5.56 Å². The zero-order valence-corrected chi connectivity index (χ0v) is 8.86. The van der Waals surface area contributed by atoms with E-state index in [1.54, 1.807) is 20.4 Å². The minimum absolute atomic E-state index is 0.654. The van der Waals surface area contributed by atoms with Crippen molar-refractivity contribution < 1.29 is 9.47 Å². The Bertz CT molecular complexity index is 422. The molecule has 3 heteroatoms. The van der Waals surface area contributed by atoms with E-state index in [4.69, 9.17) is 9.47 Å². The third kappa shape index (κ3) is 1.86. The minimum Gasteiger partial charge on any atom is -0.497 e. The molecule has 15 heavy (non-hydrogen) atoms. The lowest BCUT2D eigenvalue weighted by molar-refractivity contribution is 0.403. The van der Waals surface area contributed by atoms with E-state index in [2.05, 4.69) is 4.99 Å². The predicted octanol–water partition coefficient (Wildman–Crippen LogP) is 2.16. The van der Waals surface area contributed by atoms with Crippen LogP contribution in [0.3, 0.4) is 0 Å². The van der Waals surface area contributed by atoms with E-state index in [9.17, 15) is 0 Å². The van der Waals surface area contributed by atoms with Crippen molar-refractivity contribution in [3.05, 3.63) is 41.6 Å². The van der Waals surface area contributed by atoms with Crippen molar-refractivity contribution in [1.82, 2.24) is 0 Å². The molecule has 0 aliphatic carbocycles. The summed E-state index contributed by atoms with van der Waals surface area (Å²) in [6.07, 6.45) is 4.62. The predicted molar refractivity (Wildman–Crippen MR) is 59.4 cm³/mol. The zero-order chi connectivity index (χ0) is 10.7. The summed E-state index contributed by atoms with van der Waals surface area (Å²) in [6, 6.07) is 5.90. The third-order valence-corrected chi connectivity index (χ3v) is 2.37. The van der Waals surface area contributed by atoms with Gasteiger partial charge in [-0.15, -0.1) is 0 Å². The van der Waals surface area contributed by atoms with Gasteiger partial charge in [0, 0.05) is 11.8 Å². The molecule has 0 spiro atoms. The second-order valence-electron chi connectivity index (χ2n) is 3.25. The SMILES string of the molecule is COC1=NC=CCc2cc(OC)ccc21. The van der Waals surface area contributed by atoms with Gasteiger partial charge in [0.15, 0.2) is 0 Å². The number of rotatable bonds is 1. The van der Waals surface area contributed by atoms with Crippen molar-refractivity contribution in [1.29, 1.82) is 0 Å². The number of fused-ring (bicyclic) bond motifs is 1. The molecule has 0 saturated carbocycles. The van der Waals surface area contributed by atoms with Crippen LogP contribution in [-0.4, -0.2) is 20.1 Å². The lowest BCUT2D eigenvalue weighted by atomic mass is 10.0. The second-order valence-corrected chi connectivity index (χ2v) is 3.25. The molecule has 1 aromatic carbocycles. The van der Waals surface area contributed by atoms with Crippen molar-refractivity contribution >= 4 is 5.90 Å². The third-order valence-electron chi connectivity index (χ3n) is 2.37. The molecule has 1 aromatic rings. The first-order chi connectivity index (χ1) is 7.35. The molecule has 0 atom stereocenters. The van der Waals surface area contributed by atoms with Gasteiger partial charge in [0.2, 0.25) is 5.90 Å². The van der Waals surface area contributed by atoms with Crippen molar-refractivity contribution in [3.8, 4) is 5.75 Å². The largest absolute Gasteiger partial charge is 0.497 e. The highest BCUT2D eigenvalue weighted by atomic mass is 16.5. The van der Waals surface area contributed by atoms with Crippen LogP contribution in [0.5, 0.6) is 5.75 Å². The summed E-state index contributed by atoms with van der Waals surface area (Å²) >= 11 is 0. The fourth-order valence-corrected chi connectivity index (χ4v) is 1.61. The van der Waals surface area contributed by atoms with E-state index in [1.807, 2.05) is 24.3 Å². The fourth-order valence-electron chi connectivity index (χ4n) is 1.61. The Morgan fingerprint density at radius 1 is 1.20 bits per heavy atom. The van der Waals surface area contributed by atoms with Gasteiger partial charge in [0.1, 0.15) is 5.75 Å². The molecule has 2 rings (SSSR count). The Balaban J connectivity index is 2.49. The highest BCUT2D eigenvalue weighted by Crippen LogP contribution is 2.21. The van der Waals surface area contributed by atoms with Crippen LogP contribution in [0.25, 0.3) is 0 Å². The summed E-state index contributed by atoms with van der Waals surface area (Å²) in [4.78, 5) is 4.21. The van der Waals surface area contributed by atoms with Crippen LogP contribution in [0.1, 0.15) is 11.1 Å². The Hall–Kier alpha value is -1.77. The van der Waals surface area contributed by atoms with Crippen molar-refractivity contribution in [2.45, 2.75) is 6.42 Å². The summed E-state index contributed by atoms with van der Waals surface area (Å²) in [5, 5.41) is 0. The summed E-state index contributed by atoms with van der Waals surface area (Å²) in [5.41, 5.74) is 2.20. The van der Waals surface area contributed by atoms with Gasteiger partial charge in [0.05, 0.1) is 14.2 Å². The van der Waals surface area contributed by atoms with Crippen molar-refractivity contribution in [2.24, 2.45) is 4.99 Å². The highest BCUT2D eigenvalue weighted by Gasteiger charge is 2.11. The molecule has 1 aliphatic rings. The highest BCUT2D eigenvalue weighted by molar-refractivity contribution is 5.96. The van der Waals surface area contributed by atoms with Crippen LogP contribution < -0.4 is 4.74 Å². The van der Waals surface area contributed by atoms with Crippen LogP contribution in [-0.2, 0) is 11.2 Å². The van der Waals surface area contributed by atoms with Crippen molar-refractivity contribution in [3.63, 3.8) is 0 Å². The average Bonchev–Trinajstić information content (AvgIpc) is 2.49. The maximum absolute atomic E-state index is 5.23. The smallest absolute Gasteiger partial charge is 0.220 e. The molecule has 0 radical (unpaired) electrons. The van der Waals surface area contributed by atoms with Crippen LogP contribution in [0.15, 0.2) is 35.5 Å². The van der Waals surface area contributed by atoms with E-state index >= 15 is 0 Å². The second kappa shape index (κ2) is 4.17. The van der Waals surface area contributed by atoms with E-state index in [0.29, 0.717) is 5.90 Å². The van der Waals surface area contributed by atoms with E-state index in [0.717, 1.165) is 17.7 Å². The maximum Gasteiger partial charge on any atom is 0.220 e. The summed E-state index contributed by atoms with van der Waals surface area (Å²) in [5.74, 6) is 1.51. The van der Waals surface area contributed by atoms with Crippen LogP contribution >= 0.6 is 0 Å². The molecule has 0 amide bonds. The Kier molecular flexibility index (Phi) is 2.72. The minimum atomic E-state index is 0.654. The first-order valence-corrected chi connectivity index (χ1v) is 4.79. The summed E-state index contributed by atoms with van der Waals surface area (Å²) < 4.78 is 10.4. The van der Waals surface area contributed by atoms with E-state index in [-0.39, 0.29) is 0 Å². The van der Waals surface area contributed by atoms with Crippen LogP contribution in [0.2, 0.25) is 0 Å². The van der Waals surface area contributed by atoms with Gasteiger partial charge in [-0.2, -0.15) is 0 Å². The molecule has 0 bridgehead atoms. The standard InChI is InChI=1S/C12H13NO2/c1-14-10-5-6-11-9(8-10)4-3-7-13-12(11)15-2/h3,5-8H,4H2,1-2H3. The first-order valence-electron chi connectivity index (χ1n) is 4.79. The molecule has 0 N–H and O–H groups in total. The number of nitrogens with zero attached hydrogens (tertiary/aromatic N) is 1. The lowest BCUT2D eigenvalue weighted by Gasteiger charge is -2.09. The maximum atomic E-state index is 5.23. The molecular weight excluding hydrogens is 190 g/mol. The zero-order valence-electron chi connectivity index (χ0n) is 8.86. The molecule has 0 saturated heterocycles. The van der Waals surface area contributed by atoms with E-state index < -0.39 is 0 Å². The Morgan fingerprint density at radius 2 is 2.07 bits per heavy atom. The number of hydrogen-bond donors (Lipinski definition) is 0. The molecule has 1 aliphatic heterocycles. The fraction of sp³-hybridized carbons (Fsp3) is 0.250. The summed E-state index contributed by atoms with van der Waals surface area (Å²) in [6.45, 7) is 0. The number of methoxy groups -OCH3 is 2. The molecule has 1 heterocycles.